The summed E-state index contributed by atoms with van der Waals surface area (Å²) < 4.78 is 5.31. The number of aromatic carboxylic acids is 1. The van der Waals surface area contributed by atoms with E-state index in [1.54, 1.807) is 13.8 Å². The van der Waals surface area contributed by atoms with E-state index < -0.39 is 21.8 Å². The lowest BCUT2D eigenvalue weighted by Gasteiger charge is -2.13. The second-order valence-electron chi connectivity index (χ2n) is 8.46. The van der Waals surface area contributed by atoms with E-state index in [2.05, 4.69) is 0 Å². The number of carbonyl (C=O) groups excluding carboxylic acids is 1. The van der Waals surface area contributed by atoms with Gasteiger partial charge in [-0.1, -0.05) is 60.7 Å². The Morgan fingerprint density at radius 1 is 0.659 bits per heavy atom. The number of benzene rings is 4. The Balaban J connectivity index is 0.000000237. The molecule has 0 aliphatic rings. The summed E-state index contributed by atoms with van der Waals surface area (Å²) in [5, 5.41) is 38.1. The number of aliphatic hydroxyl groups is 1. The van der Waals surface area contributed by atoms with Crippen LogP contribution in [0.5, 0.6) is 0 Å². The molecule has 4 rings (SSSR count). The molecule has 0 amide bonds. The minimum Gasteiger partial charge on any atom is -0.478 e. The molecule has 11 nitrogen and oxygen atoms in total. The van der Waals surface area contributed by atoms with Crippen LogP contribution < -0.4 is 0 Å². The van der Waals surface area contributed by atoms with Crippen molar-refractivity contribution in [3.05, 3.63) is 152 Å². The number of carboxylic acid groups (broad SMARTS) is 1. The maximum atomic E-state index is 11.9. The Labute approximate surface area is 235 Å². The molecule has 0 spiro atoms. The molecule has 0 radical (unpaired) electrons. The molecule has 0 bridgehead atoms. The highest BCUT2D eigenvalue weighted by Crippen LogP contribution is 2.19. The number of non-ortho nitro benzene ring substituents is 2. The van der Waals surface area contributed by atoms with E-state index in [9.17, 15) is 29.8 Å². The molecule has 0 aromatic heterocycles. The van der Waals surface area contributed by atoms with Gasteiger partial charge in [0, 0.05) is 24.3 Å². The first-order valence-electron chi connectivity index (χ1n) is 12.2. The highest BCUT2D eigenvalue weighted by Gasteiger charge is 2.15. The van der Waals surface area contributed by atoms with Crippen LogP contribution in [-0.2, 0) is 4.74 Å². The quantitative estimate of drug-likeness (QED) is 0.145. The van der Waals surface area contributed by atoms with Crippen LogP contribution in [0.3, 0.4) is 0 Å². The fourth-order valence-corrected chi connectivity index (χ4v) is 3.20. The SMILES string of the molecule is C[C@@H](OC(=O)c1ccc([N+](=O)[O-])cc1)c1ccccc1.C[C@H](O)c1ccccc1.O=C(O)c1ccc([N+](=O)[O-])cc1. The van der Waals surface area contributed by atoms with Crippen LogP contribution in [0.1, 0.15) is 57.9 Å². The zero-order chi connectivity index (χ0) is 30.4. The molecule has 11 heteroatoms. The first kappa shape index (κ1) is 31.8. The molecule has 2 atom stereocenters. The van der Waals surface area contributed by atoms with Gasteiger partial charge in [-0.05, 0) is 49.2 Å². The Morgan fingerprint density at radius 2 is 1.05 bits per heavy atom. The Bertz CT molecular complexity index is 1390. The number of carbonyl (C=O) groups is 2. The topological polar surface area (TPSA) is 170 Å². The van der Waals surface area contributed by atoms with Crippen molar-refractivity contribution in [3.63, 3.8) is 0 Å². The zero-order valence-corrected chi connectivity index (χ0v) is 22.2. The van der Waals surface area contributed by atoms with Gasteiger partial charge in [-0.3, -0.25) is 20.2 Å². The molecule has 0 fully saturated rings. The Morgan fingerprint density at radius 3 is 1.39 bits per heavy atom. The predicted octanol–water partition coefficient (Wildman–Crippen LogP) is 6.55. The number of hydrogen-bond donors (Lipinski definition) is 2. The van der Waals surface area contributed by atoms with Crippen molar-refractivity contribution in [1.29, 1.82) is 0 Å². The minimum absolute atomic E-state index is 0.0422. The molecule has 0 saturated carbocycles. The van der Waals surface area contributed by atoms with Gasteiger partial charge in [-0.15, -0.1) is 0 Å². The summed E-state index contributed by atoms with van der Waals surface area (Å²) in [4.78, 5) is 41.8. The number of carboxylic acids is 1. The number of hydrogen-bond acceptors (Lipinski definition) is 8. The van der Waals surface area contributed by atoms with Gasteiger partial charge in [-0.2, -0.15) is 0 Å². The summed E-state index contributed by atoms with van der Waals surface area (Å²) in [7, 11) is 0. The monoisotopic (exact) mass is 560 g/mol. The van der Waals surface area contributed by atoms with Gasteiger partial charge in [0.1, 0.15) is 6.10 Å². The van der Waals surface area contributed by atoms with E-state index in [1.807, 2.05) is 60.7 Å². The summed E-state index contributed by atoms with van der Waals surface area (Å²) in [5.41, 5.74) is 2.02. The third kappa shape index (κ3) is 10.7. The van der Waals surface area contributed by atoms with Gasteiger partial charge in [0.15, 0.2) is 0 Å². The number of ether oxygens (including phenoxy) is 1. The van der Waals surface area contributed by atoms with Crippen molar-refractivity contribution in [2.24, 2.45) is 0 Å². The average Bonchev–Trinajstić information content (AvgIpc) is 2.98. The fraction of sp³-hybridized carbons (Fsp3) is 0.133. The molecule has 2 N–H and O–H groups in total. The van der Waals surface area contributed by atoms with E-state index in [-0.39, 0.29) is 29.1 Å². The number of nitro groups is 2. The van der Waals surface area contributed by atoms with Crippen molar-refractivity contribution in [2.75, 3.05) is 0 Å². The van der Waals surface area contributed by atoms with E-state index in [0.29, 0.717) is 5.56 Å². The van der Waals surface area contributed by atoms with Crippen LogP contribution in [-0.4, -0.2) is 32.0 Å². The molecule has 4 aromatic rings. The second-order valence-corrected chi connectivity index (χ2v) is 8.46. The van der Waals surface area contributed by atoms with E-state index in [1.165, 1.54) is 36.4 Å². The smallest absolute Gasteiger partial charge is 0.338 e. The molecule has 0 heterocycles. The van der Waals surface area contributed by atoms with Crippen LogP contribution in [0.4, 0.5) is 11.4 Å². The number of nitrogens with zero attached hydrogens (tertiary/aromatic N) is 2. The van der Waals surface area contributed by atoms with Gasteiger partial charge in [0.05, 0.1) is 27.1 Å². The van der Waals surface area contributed by atoms with Gasteiger partial charge < -0.3 is 14.9 Å². The molecule has 0 unspecified atom stereocenters. The first-order chi connectivity index (χ1) is 19.5. The van der Waals surface area contributed by atoms with Crippen LogP contribution in [0.25, 0.3) is 0 Å². The van der Waals surface area contributed by atoms with Gasteiger partial charge in [-0.25, -0.2) is 9.59 Å². The normalized spacial score (nSPS) is 11.3. The summed E-state index contributed by atoms with van der Waals surface area (Å²) in [6.45, 7) is 3.54. The maximum absolute atomic E-state index is 11.9. The minimum atomic E-state index is -1.09. The lowest BCUT2D eigenvalue weighted by Crippen LogP contribution is -2.09. The van der Waals surface area contributed by atoms with Crippen molar-refractivity contribution in [2.45, 2.75) is 26.1 Å². The second kappa shape index (κ2) is 15.9. The number of rotatable bonds is 7. The highest BCUT2D eigenvalue weighted by atomic mass is 16.6. The van der Waals surface area contributed by atoms with Crippen LogP contribution in [0.15, 0.2) is 109 Å². The van der Waals surface area contributed by atoms with E-state index in [4.69, 9.17) is 14.9 Å². The Hall–Kier alpha value is -5.42. The zero-order valence-electron chi connectivity index (χ0n) is 22.2. The summed E-state index contributed by atoms with van der Waals surface area (Å²) in [6, 6.07) is 29.0. The van der Waals surface area contributed by atoms with Crippen molar-refractivity contribution in [1.82, 2.24) is 0 Å². The van der Waals surface area contributed by atoms with Gasteiger partial charge in [0.25, 0.3) is 11.4 Å². The lowest BCUT2D eigenvalue weighted by molar-refractivity contribution is -0.385. The number of esters is 1. The molecule has 0 saturated heterocycles. The molecule has 0 aliphatic carbocycles. The van der Waals surface area contributed by atoms with E-state index in [0.717, 1.165) is 23.3 Å². The lowest BCUT2D eigenvalue weighted by atomic mass is 10.1. The van der Waals surface area contributed by atoms with Crippen molar-refractivity contribution < 1.29 is 34.4 Å². The largest absolute Gasteiger partial charge is 0.478 e. The molecule has 4 aromatic carbocycles. The van der Waals surface area contributed by atoms with Gasteiger partial charge in [0.2, 0.25) is 0 Å². The molecule has 212 valence electrons. The van der Waals surface area contributed by atoms with Crippen LogP contribution >= 0.6 is 0 Å². The van der Waals surface area contributed by atoms with Gasteiger partial charge >= 0.3 is 11.9 Å². The van der Waals surface area contributed by atoms with Crippen LogP contribution in [0, 0.1) is 20.2 Å². The Kier molecular flexibility index (Phi) is 12.3. The third-order valence-corrected chi connectivity index (χ3v) is 5.47. The summed E-state index contributed by atoms with van der Waals surface area (Å²) in [6.07, 6.45) is -0.718. The summed E-state index contributed by atoms with van der Waals surface area (Å²) in [5.74, 6) is -1.60. The van der Waals surface area contributed by atoms with Crippen molar-refractivity contribution >= 4 is 23.3 Å². The van der Waals surface area contributed by atoms with Crippen molar-refractivity contribution in [3.8, 4) is 0 Å². The number of aliphatic hydroxyl groups excluding tert-OH is 1. The average molecular weight is 561 g/mol. The third-order valence-electron chi connectivity index (χ3n) is 5.47. The standard InChI is InChI=1S/C15H13NO4.C8H10O.C7H5NO4/c1-11(12-5-3-2-4-6-12)20-15(17)13-7-9-14(10-8-13)16(18)19;1-7(9)8-5-3-2-4-6-8;9-7(10)5-1-3-6(4-2-5)8(11)12/h2-11H,1H3;2-7,9H,1H3;1-4H,(H,9,10)/t11-;7-;/m10./s1. The van der Waals surface area contributed by atoms with E-state index >= 15 is 0 Å². The molecular formula is C30H28N2O9. The first-order valence-corrected chi connectivity index (χ1v) is 12.2. The predicted molar refractivity (Wildman–Crippen MR) is 151 cm³/mol. The number of nitro benzene ring substituents is 2. The molecular weight excluding hydrogens is 532 g/mol. The molecule has 41 heavy (non-hydrogen) atoms. The highest BCUT2D eigenvalue weighted by molar-refractivity contribution is 5.89. The maximum Gasteiger partial charge on any atom is 0.338 e. The fourth-order valence-electron chi connectivity index (χ4n) is 3.20. The summed E-state index contributed by atoms with van der Waals surface area (Å²) >= 11 is 0. The molecule has 0 aliphatic heterocycles. The van der Waals surface area contributed by atoms with Crippen LogP contribution in [0.2, 0.25) is 0 Å².